The predicted molar refractivity (Wildman–Crippen MR) is 110 cm³/mol. The quantitative estimate of drug-likeness (QED) is 0.540. The monoisotopic (exact) mass is 448 g/mol. The maximum atomic E-state index is 12.4. The van der Waals surface area contributed by atoms with Gasteiger partial charge in [0, 0.05) is 17.0 Å². The fourth-order valence-corrected chi connectivity index (χ4v) is 3.40. The van der Waals surface area contributed by atoms with Gasteiger partial charge in [0.15, 0.2) is 12.4 Å². The van der Waals surface area contributed by atoms with Crippen LogP contribution in [-0.2, 0) is 14.3 Å². The first-order chi connectivity index (χ1) is 14.2. The van der Waals surface area contributed by atoms with Crippen LogP contribution in [0.25, 0.3) is 0 Å². The predicted octanol–water partition coefficient (Wildman–Crippen LogP) is 3.22. The Morgan fingerprint density at radius 2 is 1.83 bits per heavy atom. The molecular weight excluding hydrogens is 431 g/mol. The third kappa shape index (κ3) is 5.17. The number of nitrogens with one attached hydrogen (secondary N) is 1. The summed E-state index contributed by atoms with van der Waals surface area (Å²) < 4.78 is 5.08. The summed E-state index contributed by atoms with van der Waals surface area (Å²) >= 11 is 11.8. The summed E-state index contributed by atoms with van der Waals surface area (Å²) in [5.74, 6) is -2.85. The van der Waals surface area contributed by atoms with Crippen LogP contribution in [0.2, 0.25) is 10.0 Å². The van der Waals surface area contributed by atoms with Crippen molar-refractivity contribution in [2.75, 3.05) is 13.2 Å². The molecule has 0 bridgehead atoms. The van der Waals surface area contributed by atoms with Crippen molar-refractivity contribution in [1.29, 1.82) is 0 Å². The van der Waals surface area contributed by atoms with Crippen molar-refractivity contribution in [1.82, 2.24) is 10.4 Å². The molecule has 1 N–H and O–H groups in total. The fourth-order valence-electron chi connectivity index (χ4n) is 2.91. The van der Waals surface area contributed by atoms with Crippen LogP contribution in [0, 0.1) is 12.8 Å². The van der Waals surface area contributed by atoms with Crippen LogP contribution in [0.1, 0.15) is 32.7 Å². The van der Waals surface area contributed by atoms with E-state index in [2.05, 4.69) is 5.43 Å². The van der Waals surface area contributed by atoms with E-state index in [9.17, 15) is 19.2 Å². The molecule has 7 nitrogen and oxygen atoms in total. The number of halogens is 2. The molecule has 1 aliphatic rings. The highest BCUT2D eigenvalue weighted by Gasteiger charge is 2.37. The van der Waals surface area contributed by atoms with E-state index in [1.165, 1.54) is 18.2 Å². The molecule has 0 spiro atoms. The van der Waals surface area contributed by atoms with Crippen molar-refractivity contribution in [2.45, 2.75) is 13.3 Å². The number of rotatable bonds is 6. The lowest BCUT2D eigenvalue weighted by Gasteiger charge is -2.18. The Balaban J connectivity index is 1.54. The summed E-state index contributed by atoms with van der Waals surface area (Å²) in [6.45, 7) is 1.42. The Kier molecular flexibility index (Phi) is 6.74. The second-order valence-electron chi connectivity index (χ2n) is 6.87. The minimum atomic E-state index is -0.788. The number of ether oxygens (including phenoxy) is 1. The number of hydrogen-bond acceptors (Lipinski definition) is 5. The van der Waals surface area contributed by atoms with Crippen molar-refractivity contribution in [2.24, 2.45) is 5.92 Å². The van der Waals surface area contributed by atoms with Crippen LogP contribution in [0.3, 0.4) is 0 Å². The lowest BCUT2D eigenvalue weighted by atomic mass is 10.1. The highest BCUT2D eigenvalue weighted by molar-refractivity contribution is 6.36. The first kappa shape index (κ1) is 21.8. The van der Waals surface area contributed by atoms with Crippen LogP contribution in [0.4, 0.5) is 0 Å². The molecule has 1 atom stereocenters. The molecule has 2 amide bonds. The van der Waals surface area contributed by atoms with Gasteiger partial charge in [-0.3, -0.25) is 29.6 Å². The van der Waals surface area contributed by atoms with Gasteiger partial charge in [0.25, 0.3) is 5.91 Å². The Bertz CT molecular complexity index is 1010. The van der Waals surface area contributed by atoms with Crippen molar-refractivity contribution in [3.8, 4) is 0 Å². The number of carbonyl (C=O) groups excluding carboxylic acids is 4. The third-order valence-corrected chi connectivity index (χ3v) is 5.14. The smallest absolute Gasteiger partial charge is 0.311 e. The standard InChI is InChI=1S/C21H18Cl2N2O5/c1-12-2-4-13(5-3-12)18(26)11-30-21(29)14-8-19(27)25(10-14)24-20(28)16-7-6-15(22)9-17(16)23/h2-7,9,14H,8,10-11H2,1H3,(H,24,28)/t14-/m1/s1. The molecule has 0 unspecified atom stereocenters. The summed E-state index contributed by atoms with van der Waals surface area (Å²) in [6, 6.07) is 11.2. The van der Waals surface area contributed by atoms with Crippen molar-refractivity contribution >= 4 is 46.8 Å². The average Bonchev–Trinajstić information content (AvgIpc) is 3.06. The summed E-state index contributed by atoms with van der Waals surface area (Å²) in [7, 11) is 0. The Morgan fingerprint density at radius 1 is 1.13 bits per heavy atom. The van der Waals surface area contributed by atoms with Gasteiger partial charge in [0.1, 0.15) is 0 Å². The lowest BCUT2D eigenvalue weighted by molar-refractivity contribution is -0.147. The second-order valence-corrected chi connectivity index (χ2v) is 7.71. The van der Waals surface area contributed by atoms with E-state index >= 15 is 0 Å². The zero-order chi connectivity index (χ0) is 21.8. The minimum absolute atomic E-state index is 0.0622. The fraction of sp³-hybridized carbons (Fsp3) is 0.238. The number of esters is 1. The molecule has 0 radical (unpaired) electrons. The summed E-state index contributed by atoms with van der Waals surface area (Å²) in [6.07, 6.45) is -0.133. The Hall–Kier alpha value is -2.90. The van der Waals surface area contributed by atoms with E-state index in [-0.39, 0.29) is 29.3 Å². The molecule has 1 fully saturated rings. The van der Waals surface area contributed by atoms with E-state index in [4.69, 9.17) is 27.9 Å². The van der Waals surface area contributed by atoms with Gasteiger partial charge in [0.2, 0.25) is 5.91 Å². The van der Waals surface area contributed by atoms with Crippen LogP contribution in [0.5, 0.6) is 0 Å². The van der Waals surface area contributed by atoms with Gasteiger partial charge in [-0.05, 0) is 25.1 Å². The van der Waals surface area contributed by atoms with E-state index in [0.717, 1.165) is 10.6 Å². The van der Waals surface area contributed by atoms with E-state index in [1.807, 2.05) is 6.92 Å². The highest BCUT2D eigenvalue weighted by atomic mass is 35.5. The van der Waals surface area contributed by atoms with E-state index in [1.54, 1.807) is 24.3 Å². The lowest BCUT2D eigenvalue weighted by Crippen LogP contribution is -2.43. The van der Waals surface area contributed by atoms with Crippen LogP contribution in [-0.4, -0.2) is 41.7 Å². The van der Waals surface area contributed by atoms with Gasteiger partial charge in [-0.2, -0.15) is 0 Å². The average molecular weight is 449 g/mol. The molecule has 2 aromatic carbocycles. The molecule has 0 aromatic heterocycles. The Morgan fingerprint density at radius 3 is 2.50 bits per heavy atom. The second kappa shape index (κ2) is 9.28. The van der Waals surface area contributed by atoms with Crippen LogP contribution in [0.15, 0.2) is 42.5 Å². The topological polar surface area (TPSA) is 92.8 Å². The Labute approximate surface area is 182 Å². The molecule has 1 saturated heterocycles. The molecule has 0 aliphatic carbocycles. The molecule has 30 heavy (non-hydrogen) atoms. The molecule has 1 aliphatic heterocycles. The first-order valence-corrected chi connectivity index (χ1v) is 9.83. The number of aryl methyl sites for hydroxylation is 1. The van der Waals surface area contributed by atoms with Crippen LogP contribution < -0.4 is 5.43 Å². The maximum Gasteiger partial charge on any atom is 0.311 e. The highest BCUT2D eigenvalue weighted by Crippen LogP contribution is 2.22. The van der Waals surface area contributed by atoms with Gasteiger partial charge in [-0.1, -0.05) is 53.0 Å². The first-order valence-electron chi connectivity index (χ1n) is 9.07. The van der Waals surface area contributed by atoms with Gasteiger partial charge >= 0.3 is 5.97 Å². The number of carbonyl (C=O) groups is 4. The number of ketones is 1. The molecular formula is C21H18Cl2N2O5. The van der Waals surface area contributed by atoms with Gasteiger partial charge in [-0.25, -0.2) is 0 Å². The number of benzene rings is 2. The van der Waals surface area contributed by atoms with Gasteiger partial charge < -0.3 is 4.74 Å². The number of hydrogen-bond donors (Lipinski definition) is 1. The van der Waals surface area contributed by atoms with E-state index < -0.39 is 30.3 Å². The molecule has 2 aromatic rings. The van der Waals surface area contributed by atoms with Gasteiger partial charge in [-0.15, -0.1) is 0 Å². The van der Waals surface area contributed by atoms with Crippen molar-refractivity contribution < 1.29 is 23.9 Å². The summed E-state index contributed by atoms with van der Waals surface area (Å²) in [5, 5.41) is 1.55. The third-order valence-electron chi connectivity index (χ3n) is 4.59. The largest absolute Gasteiger partial charge is 0.457 e. The number of hydrazine groups is 1. The SMILES string of the molecule is Cc1ccc(C(=O)COC(=O)[C@@H]2CC(=O)N(NC(=O)c3ccc(Cl)cc3Cl)C2)cc1. The number of amides is 2. The minimum Gasteiger partial charge on any atom is -0.457 e. The maximum absolute atomic E-state index is 12.4. The molecule has 0 saturated carbocycles. The van der Waals surface area contributed by atoms with Crippen molar-refractivity contribution in [3.05, 3.63) is 69.2 Å². The molecule has 9 heteroatoms. The molecule has 1 heterocycles. The van der Waals surface area contributed by atoms with Crippen molar-refractivity contribution in [3.63, 3.8) is 0 Å². The zero-order valence-electron chi connectivity index (χ0n) is 16.0. The number of nitrogens with zero attached hydrogens (tertiary/aromatic N) is 1. The zero-order valence-corrected chi connectivity index (χ0v) is 17.5. The summed E-state index contributed by atoms with van der Waals surface area (Å²) in [5.41, 5.74) is 4.02. The summed E-state index contributed by atoms with van der Waals surface area (Å²) in [4.78, 5) is 48.9. The number of Topliss-reactive ketones (excluding diaryl/α,β-unsaturated/α-hetero) is 1. The van der Waals surface area contributed by atoms with E-state index in [0.29, 0.717) is 10.6 Å². The van der Waals surface area contributed by atoms with Crippen LogP contribution >= 0.6 is 23.2 Å². The molecule has 156 valence electrons. The van der Waals surface area contributed by atoms with Gasteiger partial charge in [0.05, 0.1) is 23.0 Å². The normalized spacial score (nSPS) is 15.8. The molecule has 3 rings (SSSR count).